The van der Waals surface area contributed by atoms with Gasteiger partial charge in [-0.15, -0.1) is 0 Å². The molecule has 0 rings (SSSR count). The average Bonchev–Trinajstić information content (AvgIpc) is 2.53. The Morgan fingerprint density at radius 2 is 0.905 bits per heavy atom. The minimum absolute atomic E-state index is 0.153. The first-order chi connectivity index (χ1) is 10.2. The Morgan fingerprint density at radius 3 is 1.24 bits per heavy atom. The molecule has 0 saturated carbocycles. The topological polar surface area (TPSA) is 27.7 Å². The SMILES string of the molecule is CO[Si](CCCCCCCCCCCCCF)(OC)OC. The Morgan fingerprint density at radius 1 is 0.571 bits per heavy atom. The van der Waals surface area contributed by atoms with Crippen LogP contribution in [0.5, 0.6) is 0 Å². The van der Waals surface area contributed by atoms with Gasteiger partial charge in [0.1, 0.15) is 0 Å². The Hall–Kier alpha value is 0.0269. The first-order valence-electron chi connectivity index (χ1n) is 8.46. The van der Waals surface area contributed by atoms with Crippen molar-refractivity contribution in [1.82, 2.24) is 0 Å². The lowest BCUT2D eigenvalue weighted by molar-refractivity contribution is 0.122. The molecule has 0 heterocycles. The summed E-state index contributed by atoms with van der Waals surface area (Å²) in [7, 11) is 2.68. The molecule has 0 fully saturated rings. The quantitative estimate of drug-likeness (QED) is 0.291. The highest BCUT2D eigenvalue weighted by atomic mass is 28.4. The number of alkyl halides is 1. The number of hydrogen-bond acceptors (Lipinski definition) is 3. The Kier molecular flexibility index (Phi) is 15.0. The molecule has 0 atom stereocenters. The second-order valence-corrected chi connectivity index (χ2v) is 8.71. The number of hydrogen-bond donors (Lipinski definition) is 0. The molecule has 128 valence electrons. The minimum Gasteiger partial charge on any atom is -0.377 e. The fraction of sp³-hybridized carbons (Fsp3) is 1.00. The summed E-state index contributed by atoms with van der Waals surface area (Å²) in [5.74, 6) is 0. The highest BCUT2D eigenvalue weighted by molar-refractivity contribution is 6.60. The van der Waals surface area contributed by atoms with Gasteiger partial charge in [-0.3, -0.25) is 4.39 Å². The van der Waals surface area contributed by atoms with Crippen LogP contribution in [-0.2, 0) is 13.3 Å². The van der Waals surface area contributed by atoms with Crippen LogP contribution in [0.4, 0.5) is 4.39 Å². The van der Waals surface area contributed by atoms with Crippen molar-refractivity contribution in [3.8, 4) is 0 Å². The molecule has 0 aliphatic rings. The predicted molar refractivity (Wildman–Crippen MR) is 88.4 cm³/mol. The van der Waals surface area contributed by atoms with Crippen molar-refractivity contribution in [3.05, 3.63) is 0 Å². The average molecular weight is 323 g/mol. The van der Waals surface area contributed by atoms with E-state index in [-0.39, 0.29) is 6.67 Å². The van der Waals surface area contributed by atoms with Crippen molar-refractivity contribution in [2.75, 3.05) is 28.0 Å². The van der Waals surface area contributed by atoms with Gasteiger partial charge >= 0.3 is 8.80 Å². The van der Waals surface area contributed by atoms with Crippen molar-refractivity contribution in [1.29, 1.82) is 0 Å². The first-order valence-corrected chi connectivity index (χ1v) is 10.4. The Bertz CT molecular complexity index is 205. The molecule has 0 radical (unpaired) electrons. The van der Waals surface area contributed by atoms with E-state index in [0.29, 0.717) is 0 Å². The lowest BCUT2D eigenvalue weighted by Crippen LogP contribution is -2.42. The molecule has 0 aliphatic carbocycles. The summed E-state index contributed by atoms with van der Waals surface area (Å²) in [6, 6.07) is 0.908. The maximum absolute atomic E-state index is 11.9. The van der Waals surface area contributed by atoms with E-state index >= 15 is 0 Å². The van der Waals surface area contributed by atoms with Gasteiger partial charge in [-0.1, -0.05) is 57.8 Å². The van der Waals surface area contributed by atoms with Gasteiger partial charge in [0.15, 0.2) is 0 Å². The first kappa shape index (κ1) is 21.0. The van der Waals surface area contributed by atoms with Crippen molar-refractivity contribution in [2.45, 2.75) is 76.7 Å². The van der Waals surface area contributed by atoms with E-state index in [1.165, 1.54) is 51.4 Å². The molecule has 0 saturated heterocycles. The minimum atomic E-state index is -2.34. The standard InChI is InChI=1S/C16H35FO3Si/c1-18-21(19-2,20-3)16-14-12-10-8-6-4-5-7-9-11-13-15-17/h4-16H2,1-3H3. The van der Waals surface area contributed by atoms with E-state index < -0.39 is 8.80 Å². The van der Waals surface area contributed by atoms with Crippen molar-refractivity contribution < 1.29 is 17.7 Å². The van der Waals surface area contributed by atoms with Gasteiger partial charge in [0.2, 0.25) is 0 Å². The summed E-state index contributed by atoms with van der Waals surface area (Å²) in [6.45, 7) is -0.153. The molecule has 0 aliphatic heterocycles. The molecule has 0 aromatic rings. The predicted octanol–water partition coefficient (Wildman–Crippen LogP) is 5.13. The molecule has 3 nitrogen and oxygen atoms in total. The Labute approximate surface area is 131 Å². The smallest absolute Gasteiger partial charge is 0.377 e. The second kappa shape index (κ2) is 14.9. The molecule has 0 spiro atoms. The number of rotatable bonds is 16. The molecular weight excluding hydrogens is 287 g/mol. The zero-order chi connectivity index (χ0) is 15.8. The van der Waals surface area contributed by atoms with Gasteiger partial charge in [0.05, 0.1) is 6.67 Å². The van der Waals surface area contributed by atoms with Crippen molar-refractivity contribution >= 4 is 8.80 Å². The van der Waals surface area contributed by atoms with Gasteiger partial charge in [-0.25, -0.2) is 0 Å². The fourth-order valence-corrected chi connectivity index (χ4v) is 4.38. The summed E-state index contributed by atoms with van der Waals surface area (Å²) >= 11 is 0. The summed E-state index contributed by atoms with van der Waals surface area (Å²) in [5, 5.41) is 0. The van der Waals surface area contributed by atoms with Gasteiger partial charge in [-0.05, 0) is 12.8 Å². The molecule has 0 bridgehead atoms. The van der Waals surface area contributed by atoms with Crippen LogP contribution >= 0.6 is 0 Å². The van der Waals surface area contributed by atoms with Crippen LogP contribution in [0.3, 0.4) is 0 Å². The zero-order valence-electron chi connectivity index (χ0n) is 14.3. The van der Waals surface area contributed by atoms with Crippen LogP contribution in [0.25, 0.3) is 0 Å². The summed E-state index contributed by atoms with van der Waals surface area (Å²) < 4.78 is 28.1. The van der Waals surface area contributed by atoms with Gasteiger partial charge in [0, 0.05) is 27.4 Å². The van der Waals surface area contributed by atoms with Crippen LogP contribution in [0.1, 0.15) is 70.6 Å². The van der Waals surface area contributed by atoms with Crippen LogP contribution < -0.4 is 0 Å². The second-order valence-electron chi connectivity index (χ2n) is 5.62. The van der Waals surface area contributed by atoms with Crippen LogP contribution in [0.2, 0.25) is 6.04 Å². The van der Waals surface area contributed by atoms with E-state index in [2.05, 4.69) is 0 Å². The summed E-state index contributed by atoms with van der Waals surface area (Å²) in [6.07, 6.45) is 13.1. The zero-order valence-corrected chi connectivity index (χ0v) is 15.3. The fourth-order valence-electron chi connectivity index (χ4n) is 2.58. The molecule has 21 heavy (non-hydrogen) atoms. The van der Waals surface area contributed by atoms with Gasteiger partial charge in [0.25, 0.3) is 0 Å². The Balaban J connectivity index is 3.29. The molecule has 0 amide bonds. The van der Waals surface area contributed by atoms with Crippen LogP contribution in [0.15, 0.2) is 0 Å². The number of unbranched alkanes of at least 4 members (excludes halogenated alkanes) is 10. The molecule has 0 unspecified atom stereocenters. The normalized spacial score (nSPS) is 12.0. The summed E-state index contributed by atoms with van der Waals surface area (Å²) in [4.78, 5) is 0. The molecule has 0 aromatic carbocycles. The van der Waals surface area contributed by atoms with E-state index in [4.69, 9.17) is 13.3 Å². The molecular formula is C16H35FO3Si. The highest BCUT2D eigenvalue weighted by Gasteiger charge is 2.36. The number of halogens is 1. The van der Waals surface area contributed by atoms with Crippen molar-refractivity contribution in [3.63, 3.8) is 0 Å². The lowest BCUT2D eigenvalue weighted by Gasteiger charge is -2.24. The maximum Gasteiger partial charge on any atom is 0.500 e. The molecule has 5 heteroatoms. The van der Waals surface area contributed by atoms with Gasteiger partial charge < -0.3 is 13.3 Å². The largest absolute Gasteiger partial charge is 0.500 e. The van der Waals surface area contributed by atoms with Crippen LogP contribution in [-0.4, -0.2) is 36.8 Å². The monoisotopic (exact) mass is 322 g/mol. The van der Waals surface area contributed by atoms with Crippen LogP contribution in [0, 0.1) is 0 Å². The van der Waals surface area contributed by atoms with E-state index in [1.54, 1.807) is 21.3 Å². The third kappa shape index (κ3) is 11.3. The third-order valence-corrected chi connectivity index (χ3v) is 6.88. The molecule has 0 aromatic heterocycles. The maximum atomic E-state index is 11.9. The molecule has 0 N–H and O–H groups in total. The van der Waals surface area contributed by atoms with E-state index in [1.807, 2.05) is 0 Å². The lowest BCUT2D eigenvalue weighted by atomic mass is 10.1. The van der Waals surface area contributed by atoms with E-state index in [9.17, 15) is 4.39 Å². The van der Waals surface area contributed by atoms with E-state index in [0.717, 1.165) is 25.3 Å². The summed E-state index contributed by atoms with van der Waals surface area (Å²) in [5.41, 5.74) is 0. The van der Waals surface area contributed by atoms with Crippen molar-refractivity contribution in [2.24, 2.45) is 0 Å². The van der Waals surface area contributed by atoms with Gasteiger partial charge in [-0.2, -0.15) is 0 Å². The third-order valence-electron chi connectivity index (χ3n) is 4.05. The highest BCUT2D eigenvalue weighted by Crippen LogP contribution is 2.18.